The maximum absolute atomic E-state index is 5.11. The van der Waals surface area contributed by atoms with Gasteiger partial charge in [-0.3, -0.25) is 0 Å². The van der Waals surface area contributed by atoms with Crippen LogP contribution in [0.5, 0.6) is 11.5 Å². The Hall–Kier alpha value is -1.86. The zero-order valence-corrected chi connectivity index (χ0v) is 8.33. The lowest BCUT2D eigenvalue weighted by molar-refractivity contribution is 0.395. The van der Waals surface area contributed by atoms with E-state index in [2.05, 4.69) is 17.6 Å². The van der Waals surface area contributed by atoms with Gasteiger partial charge in [0.1, 0.15) is 11.5 Å². The van der Waals surface area contributed by atoms with E-state index in [1.165, 1.54) is 0 Å². The summed E-state index contributed by atoms with van der Waals surface area (Å²) >= 11 is 0. The molecule has 1 N–H and O–H groups in total. The van der Waals surface area contributed by atoms with Gasteiger partial charge >= 0.3 is 0 Å². The van der Waals surface area contributed by atoms with E-state index < -0.39 is 0 Å². The fraction of sp³-hybridized carbons (Fsp3) is 0.182. The lowest BCUT2D eigenvalue weighted by Gasteiger charge is -2.07. The fourth-order valence-electron chi connectivity index (χ4n) is 1.03. The molecule has 0 unspecified atom stereocenters. The molecule has 1 rings (SSSR count). The van der Waals surface area contributed by atoms with Gasteiger partial charge in [0.2, 0.25) is 0 Å². The van der Waals surface area contributed by atoms with Crippen LogP contribution in [0.3, 0.4) is 0 Å². The first-order chi connectivity index (χ1) is 6.80. The van der Waals surface area contributed by atoms with Crippen molar-refractivity contribution in [2.75, 3.05) is 19.5 Å². The Bertz CT molecular complexity index is 332. The number of nitrogens with one attached hydrogen (secondary N) is 1. The molecule has 74 valence electrons. The molecule has 0 radical (unpaired) electrons. The van der Waals surface area contributed by atoms with E-state index in [1.807, 2.05) is 18.2 Å². The molecule has 1 aromatic rings. The molecule has 0 atom stereocenters. The van der Waals surface area contributed by atoms with Crippen molar-refractivity contribution >= 4 is 5.69 Å². The molecule has 0 aromatic heterocycles. The maximum atomic E-state index is 5.11. The topological polar surface area (TPSA) is 30.5 Å². The minimum absolute atomic E-state index is 0.740. The molecule has 0 aliphatic heterocycles. The van der Waals surface area contributed by atoms with Crippen molar-refractivity contribution < 1.29 is 9.47 Å². The third kappa shape index (κ3) is 2.57. The third-order valence-corrected chi connectivity index (χ3v) is 1.69. The highest BCUT2D eigenvalue weighted by atomic mass is 16.5. The van der Waals surface area contributed by atoms with Crippen LogP contribution in [0.1, 0.15) is 0 Å². The Morgan fingerprint density at radius 1 is 1.21 bits per heavy atom. The largest absolute Gasteiger partial charge is 0.497 e. The van der Waals surface area contributed by atoms with Gasteiger partial charge < -0.3 is 14.8 Å². The smallest absolute Gasteiger partial charge is 0.124 e. The van der Waals surface area contributed by atoms with Crippen LogP contribution in [0.15, 0.2) is 36.7 Å². The van der Waals surface area contributed by atoms with E-state index in [0.717, 1.165) is 17.2 Å². The maximum Gasteiger partial charge on any atom is 0.124 e. The minimum atomic E-state index is 0.740. The summed E-state index contributed by atoms with van der Waals surface area (Å²) in [6, 6.07) is 5.52. The van der Waals surface area contributed by atoms with Gasteiger partial charge in [0.05, 0.1) is 14.2 Å². The average Bonchev–Trinajstić information content (AvgIpc) is 2.25. The standard InChI is InChI=1S/C11H13NO2/c1-4-5-12-9-6-10(13-2)8-11(7-9)14-3/h5-8,12H,1H2,2-3H3. The number of hydrogen-bond acceptors (Lipinski definition) is 3. The zero-order chi connectivity index (χ0) is 10.4. The van der Waals surface area contributed by atoms with Crippen LogP contribution in [0, 0.1) is 0 Å². The molecule has 3 heteroatoms. The van der Waals surface area contributed by atoms with Crippen LogP contribution in [0.25, 0.3) is 0 Å². The number of anilines is 1. The third-order valence-electron chi connectivity index (χ3n) is 1.69. The van der Waals surface area contributed by atoms with Gasteiger partial charge in [0, 0.05) is 30.1 Å². The zero-order valence-electron chi connectivity index (χ0n) is 8.33. The van der Waals surface area contributed by atoms with Crippen LogP contribution in [0.4, 0.5) is 5.69 Å². The van der Waals surface area contributed by atoms with Gasteiger partial charge in [-0.25, -0.2) is 0 Å². The molecule has 0 aliphatic carbocycles. The molecule has 0 saturated carbocycles. The number of ether oxygens (including phenoxy) is 2. The normalized spacial score (nSPS) is 8.71. The summed E-state index contributed by atoms with van der Waals surface area (Å²) in [5.74, 6) is 1.48. The summed E-state index contributed by atoms with van der Waals surface area (Å²) in [6.45, 7) is 3.46. The summed E-state index contributed by atoms with van der Waals surface area (Å²) in [5, 5.41) is 2.99. The lowest BCUT2D eigenvalue weighted by Crippen LogP contribution is -1.91. The lowest BCUT2D eigenvalue weighted by atomic mass is 10.3. The Morgan fingerprint density at radius 2 is 1.79 bits per heavy atom. The second-order valence-corrected chi connectivity index (χ2v) is 2.59. The van der Waals surface area contributed by atoms with E-state index >= 15 is 0 Å². The molecular weight excluding hydrogens is 178 g/mol. The molecule has 0 aliphatic rings. The Morgan fingerprint density at radius 3 is 2.21 bits per heavy atom. The monoisotopic (exact) mass is 191 g/mol. The van der Waals surface area contributed by atoms with E-state index in [0.29, 0.717) is 0 Å². The Labute approximate surface area is 83.7 Å². The van der Waals surface area contributed by atoms with Gasteiger partial charge in [-0.1, -0.05) is 6.58 Å². The molecule has 0 bridgehead atoms. The molecule has 14 heavy (non-hydrogen) atoms. The Balaban J connectivity index is 2.97. The number of methoxy groups -OCH3 is 2. The van der Waals surface area contributed by atoms with Crippen molar-refractivity contribution in [1.82, 2.24) is 0 Å². The summed E-state index contributed by atoms with van der Waals surface area (Å²) in [6.07, 6.45) is 1.62. The quantitative estimate of drug-likeness (QED) is 0.741. The SMILES string of the molecule is C=C=CNc1cc(OC)cc(OC)c1. The average molecular weight is 191 g/mol. The number of hydrogen-bond donors (Lipinski definition) is 1. The predicted molar refractivity (Wildman–Crippen MR) is 56.9 cm³/mol. The highest BCUT2D eigenvalue weighted by Gasteiger charge is 1.99. The first-order valence-electron chi connectivity index (χ1n) is 4.14. The second kappa shape index (κ2) is 5.00. The predicted octanol–water partition coefficient (Wildman–Crippen LogP) is 2.41. The van der Waals surface area contributed by atoms with E-state index in [1.54, 1.807) is 20.4 Å². The van der Waals surface area contributed by atoms with E-state index in [-0.39, 0.29) is 0 Å². The molecule has 0 saturated heterocycles. The molecule has 0 heterocycles. The molecule has 3 nitrogen and oxygen atoms in total. The van der Waals surface area contributed by atoms with E-state index in [9.17, 15) is 0 Å². The second-order valence-electron chi connectivity index (χ2n) is 2.59. The molecule has 1 aromatic carbocycles. The van der Waals surface area contributed by atoms with E-state index in [4.69, 9.17) is 9.47 Å². The first-order valence-corrected chi connectivity index (χ1v) is 4.14. The fourth-order valence-corrected chi connectivity index (χ4v) is 1.03. The summed E-state index contributed by atoms with van der Waals surface area (Å²) in [7, 11) is 3.23. The number of benzene rings is 1. The van der Waals surface area contributed by atoms with Crippen LogP contribution >= 0.6 is 0 Å². The summed E-state index contributed by atoms with van der Waals surface area (Å²) < 4.78 is 10.2. The summed E-state index contributed by atoms with van der Waals surface area (Å²) in [5.41, 5.74) is 3.50. The van der Waals surface area contributed by atoms with Crippen molar-refractivity contribution in [2.24, 2.45) is 0 Å². The van der Waals surface area contributed by atoms with Crippen LogP contribution < -0.4 is 14.8 Å². The van der Waals surface area contributed by atoms with Gasteiger partial charge in [-0.05, 0) is 0 Å². The van der Waals surface area contributed by atoms with Crippen molar-refractivity contribution in [3.63, 3.8) is 0 Å². The van der Waals surface area contributed by atoms with Crippen molar-refractivity contribution in [2.45, 2.75) is 0 Å². The molecule has 0 amide bonds. The number of rotatable bonds is 4. The molecule has 0 fully saturated rings. The minimum Gasteiger partial charge on any atom is -0.497 e. The molecule has 0 spiro atoms. The highest BCUT2D eigenvalue weighted by molar-refractivity contribution is 5.55. The van der Waals surface area contributed by atoms with Gasteiger partial charge in [0.15, 0.2) is 0 Å². The van der Waals surface area contributed by atoms with Crippen molar-refractivity contribution in [3.8, 4) is 11.5 Å². The first kappa shape index (κ1) is 10.2. The van der Waals surface area contributed by atoms with Gasteiger partial charge in [-0.2, -0.15) is 0 Å². The Kier molecular flexibility index (Phi) is 3.65. The van der Waals surface area contributed by atoms with Crippen molar-refractivity contribution in [1.29, 1.82) is 0 Å². The van der Waals surface area contributed by atoms with Gasteiger partial charge in [-0.15, -0.1) is 5.73 Å². The van der Waals surface area contributed by atoms with Crippen LogP contribution in [0.2, 0.25) is 0 Å². The summed E-state index contributed by atoms with van der Waals surface area (Å²) in [4.78, 5) is 0. The highest BCUT2D eigenvalue weighted by Crippen LogP contribution is 2.25. The van der Waals surface area contributed by atoms with Gasteiger partial charge in [0.25, 0.3) is 0 Å². The molecular formula is C11H13NO2. The van der Waals surface area contributed by atoms with Crippen LogP contribution in [-0.2, 0) is 0 Å². The van der Waals surface area contributed by atoms with Crippen molar-refractivity contribution in [3.05, 3.63) is 36.7 Å². The van der Waals surface area contributed by atoms with Crippen LogP contribution in [-0.4, -0.2) is 14.2 Å².